The quantitative estimate of drug-likeness (QED) is 0.368. The Balaban J connectivity index is 1.67. The Kier molecular flexibility index (Phi) is 6.46. The molecule has 3 aromatic carbocycles. The molecule has 1 aromatic heterocycles. The zero-order valence-corrected chi connectivity index (χ0v) is 19.4. The number of amides is 1. The van der Waals surface area contributed by atoms with Crippen LogP contribution in [-0.2, 0) is 16.6 Å². The topological polar surface area (TPSA) is 80.5 Å². The molecular weight excluding hydrogens is 485 g/mol. The van der Waals surface area contributed by atoms with E-state index >= 15 is 0 Å². The molecule has 1 heterocycles. The second kappa shape index (κ2) is 9.30. The van der Waals surface area contributed by atoms with Crippen LogP contribution < -0.4 is 9.52 Å². The number of carbonyl (C=O) groups excluding carboxylic acids is 1. The number of fused-ring (bicyclic) bond motifs is 1. The van der Waals surface area contributed by atoms with Gasteiger partial charge in [0.05, 0.1) is 15.1 Å². The van der Waals surface area contributed by atoms with Crippen LogP contribution >= 0.6 is 22.9 Å². The van der Waals surface area contributed by atoms with E-state index in [1.807, 2.05) is 10.6 Å². The molecular formula is C23H17ClFN3O3S2. The van der Waals surface area contributed by atoms with Gasteiger partial charge in [-0.2, -0.15) is 4.99 Å². The minimum Gasteiger partial charge on any atom is -0.312 e. The third kappa shape index (κ3) is 5.05. The zero-order valence-electron chi connectivity index (χ0n) is 17.0. The number of thiazole rings is 1. The van der Waals surface area contributed by atoms with Crippen molar-refractivity contribution in [2.45, 2.75) is 11.4 Å². The number of hydrogen-bond donors (Lipinski definition) is 1. The van der Waals surface area contributed by atoms with E-state index in [-0.39, 0.29) is 16.1 Å². The monoisotopic (exact) mass is 501 g/mol. The average molecular weight is 502 g/mol. The van der Waals surface area contributed by atoms with Gasteiger partial charge in [0, 0.05) is 22.8 Å². The highest BCUT2D eigenvalue weighted by atomic mass is 35.5. The highest BCUT2D eigenvalue weighted by molar-refractivity contribution is 7.92. The number of carbonyl (C=O) groups is 1. The third-order valence-electron chi connectivity index (χ3n) is 4.64. The fourth-order valence-electron chi connectivity index (χ4n) is 3.13. The first-order chi connectivity index (χ1) is 15.8. The number of benzene rings is 3. The maximum absolute atomic E-state index is 13.1. The summed E-state index contributed by atoms with van der Waals surface area (Å²) in [4.78, 5) is 17.5. The van der Waals surface area contributed by atoms with Crippen LogP contribution in [0.5, 0.6) is 0 Å². The first-order valence-electron chi connectivity index (χ1n) is 9.64. The third-order valence-corrected chi connectivity index (χ3v) is 7.31. The number of sulfonamides is 1. The van der Waals surface area contributed by atoms with Crippen molar-refractivity contribution in [3.8, 4) is 0 Å². The van der Waals surface area contributed by atoms with Gasteiger partial charge in [-0.1, -0.05) is 35.1 Å². The summed E-state index contributed by atoms with van der Waals surface area (Å²) in [7, 11) is -3.95. The molecule has 0 unspecified atom stereocenters. The van der Waals surface area contributed by atoms with Gasteiger partial charge in [-0.25, -0.2) is 12.8 Å². The number of rotatable bonds is 6. The number of halogens is 2. The Bertz CT molecular complexity index is 1540. The molecule has 6 nitrogen and oxygen atoms in total. The maximum atomic E-state index is 13.1. The molecule has 0 aliphatic carbocycles. The first kappa shape index (κ1) is 22.9. The number of hydrogen-bond acceptors (Lipinski definition) is 4. The molecule has 4 rings (SSSR count). The molecule has 33 heavy (non-hydrogen) atoms. The van der Waals surface area contributed by atoms with Crippen LogP contribution in [0, 0.1) is 5.82 Å². The fraction of sp³-hybridized carbons (Fsp3) is 0.0435. The Morgan fingerprint density at radius 2 is 1.91 bits per heavy atom. The summed E-state index contributed by atoms with van der Waals surface area (Å²) in [5.41, 5.74) is 1.26. The van der Waals surface area contributed by atoms with Crippen molar-refractivity contribution in [2.24, 2.45) is 4.99 Å². The lowest BCUT2D eigenvalue weighted by atomic mass is 10.2. The largest absolute Gasteiger partial charge is 0.312 e. The fourth-order valence-corrected chi connectivity index (χ4v) is 5.50. The minimum atomic E-state index is -3.95. The smallest absolute Gasteiger partial charge is 0.279 e. The van der Waals surface area contributed by atoms with Crippen LogP contribution in [0.15, 0.2) is 89.3 Å². The molecule has 0 atom stereocenters. The lowest BCUT2D eigenvalue weighted by molar-refractivity contribution is 0.0998. The molecule has 1 N–H and O–H groups in total. The lowest BCUT2D eigenvalue weighted by Crippen LogP contribution is -2.16. The van der Waals surface area contributed by atoms with Crippen molar-refractivity contribution in [1.82, 2.24) is 4.57 Å². The SMILES string of the molecule is C=CCn1c(=NC(=O)c2cccc(NS(=O)(=O)c3ccc(F)cc3)c2)sc2cc(Cl)ccc21. The second-order valence-electron chi connectivity index (χ2n) is 6.95. The zero-order chi connectivity index (χ0) is 23.6. The van der Waals surface area contributed by atoms with Crippen LogP contribution in [0.4, 0.5) is 10.1 Å². The van der Waals surface area contributed by atoms with Crippen LogP contribution in [0.25, 0.3) is 10.2 Å². The van der Waals surface area contributed by atoms with E-state index in [0.29, 0.717) is 16.4 Å². The summed E-state index contributed by atoms with van der Waals surface area (Å²) in [6.07, 6.45) is 1.70. The van der Waals surface area contributed by atoms with Gasteiger partial charge in [0.2, 0.25) is 0 Å². The van der Waals surface area contributed by atoms with Gasteiger partial charge >= 0.3 is 0 Å². The Morgan fingerprint density at radius 3 is 2.64 bits per heavy atom. The van der Waals surface area contributed by atoms with E-state index in [2.05, 4.69) is 16.3 Å². The summed E-state index contributed by atoms with van der Waals surface area (Å²) in [6.45, 7) is 4.21. The Hall–Kier alpha value is -3.27. The minimum absolute atomic E-state index is 0.0975. The van der Waals surface area contributed by atoms with E-state index in [1.54, 1.807) is 30.3 Å². The van der Waals surface area contributed by atoms with Crippen molar-refractivity contribution < 1.29 is 17.6 Å². The predicted molar refractivity (Wildman–Crippen MR) is 129 cm³/mol. The summed E-state index contributed by atoms with van der Waals surface area (Å²) in [5.74, 6) is -1.08. The van der Waals surface area contributed by atoms with E-state index in [1.165, 1.54) is 23.5 Å². The normalized spacial score (nSPS) is 12.1. The first-order valence-corrected chi connectivity index (χ1v) is 12.3. The summed E-state index contributed by atoms with van der Waals surface area (Å²) in [6, 6.07) is 15.9. The Labute approximate surface area is 198 Å². The molecule has 0 bridgehead atoms. The van der Waals surface area contributed by atoms with Crippen molar-refractivity contribution in [2.75, 3.05) is 4.72 Å². The number of nitrogens with zero attached hydrogens (tertiary/aromatic N) is 2. The molecule has 0 radical (unpaired) electrons. The maximum Gasteiger partial charge on any atom is 0.279 e. The molecule has 4 aromatic rings. The van der Waals surface area contributed by atoms with Gasteiger partial charge in [0.1, 0.15) is 5.82 Å². The standard InChI is InChI=1S/C23H17ClFN3O3S2/c1-2-12-28-20-11-6-16(24)14-21(20)32-23(28)26-22(29)15-4-3-5-18(13-15)27-33(30,31)19-9-7-17(25)8-10-19/h2-11,13-14,27H,1,12H2. The van der Waals surface area contributed by atoms with Crippen LogP contribution in [0.2, 0.25) is 5.02 Å². The number of anilines is 1. The van der Waals surface area contributed by atoms with Crippen molar-refractivity contribution in [3.05, 3.63) is 101 Å². The van der Waals surface area contributed by atoms with E-state index < -0.39 is 21.7 Å². The highest BCUT2D eigenvalue weighted by Gasteiger charge is 2.15. The van der Waals surface area contributed by atoms with Crippen molar-refractivity contribution in [3.63, 3.8) is 0 Å². The molecule has 0 spiro atoms. The van der Waals surface area contributed by atoms with Crippen LogP contribution in [0.3, 0.4) is 0 Å². The van der Waals surface area contributed by atoms with Gasteiger partial charge in [0.25, 0.3) is 15.9 Å². The van der Waals surface area contributed by atoms with Gasteiger partial charge in [-0.3, -0.25) is 9.52 Å². The van der Waals surface area contributed by atoms with E-state index in [0.717, 1.165) is 34.5 Å². The summed E-state index contributed by atoms with van der Waals surface area (Å²) in [5, 5.41) is 0.577. The number of nitrogens with one attached hydrogen (secondary N) is 1. The van der Waals surface area contributed by atoms with Crippen LogP contribution in [-0.4, -0.2) is 18.9 Å². The Morgan fingerprint density at radius 1 is 1.15 bits per heavy atom. The van der Waals surface area contributed by atoms with Crippen molar-refractivity contribution >= 4 is 54.8 Å². The van der Waals surface area contributed by atoms with E-state index in [9.17, 15) is 17.6 Å². The molecule has 168 valence electrons. The summed E-state index contributed by atoms with van der Waals surface area (Å²) >= 11 is 7.40. The van der Waals surface area contributed by atoms with Gasteiger partial charge in [-0.15, -0.1) is 6.58 Å². The molecule has 0 aliphatic rings. The van der Waals surface area contributed by atoms with Crippen LogP contribution in [0.1, 0.15) is 10.4 Å². The molecule has 0 saturated heterocycles. The second-order valence-corrected chi connectivity index (χ2v) is 10.1. The van der Waals surface area contributed by atoms with Crippen molar-refractivity contribution in [1.29, 1.82) is 0 Å². The molecule has 0 saturated carbocycles. The number of aromatic nitrogens is 1. The number of allylic oxidation sites excluding steroid dienone is 1. The molecule has 0 aliphatic heterocycles. The van der Waals surface area contributed by atoms with Gasteiger partial charge in [0.15, 0.2) is 4.80 Å². The van der Waals surface area contributed by atoms with Gasteiger partial charge < -0.3 is 4.57 Å². The molecule has 1 amide bonds. The predicted octanol–water partition coefficient (Wildman–Crippen LogP) is 5.22. The highest BCUT2D eigenvalue weighted by Crippen LogP contribution is 2.22. The summed E-state index contributed by atoms with van der Waals surface area (Å²) < 4.78 is 43.4. The van der Waals surface area contributed by atoms with E-state index in [4.69, 9.17) is 11.6 Å². The average Bonchev–Trinajstić information content (AvgIpc) is 3.10. The lowest BCUT2D eigenvalue weighted by Gasteiger charge is -2.08. The van der Waals surface area contributed by atoms with Gasteiger partial charge in [-0.05, 0) is 60.7 Å². The molecule has 10 heteroatoms. The molecule has 0 fully saturated rings.